The van der Waals surface area contributed by atoms with Gasteiger partial charge in [0, 0.05) is 9.61 Å². The Morgan fingerprint density at radius 1 is 1.10 bits per heavy atom. The SMILES string of the molecule is CNC(Cc1ccc2c(c1)CCC2)c1cccc(I)c1. The molecule has 2 heteroatoms. The molecule has 0 aromatic heterocycles. The van der Waals surface area contributed by atoms with Crippen LogP contribution in [0.5, 0.6) is 0 Å². The first-order chi connectivity index (χ1) is 9.76. The molecule has 0 radical (unpaired) electrons. The second kappa shape index (κ2) is 6.27. The summed E-state index contributed by atoms with van der Waals surface area (Å²) in [6.07, 6.45) is 4.91. The zero-order valence-electron chi connectivity index (χ0n) is 11.8. The van der Waals surface area contributed by atoms with E-state index in [0.29, 0.717) is 6.04 Å². The van der Waals surface area contributed by atoms with Crippen molar-refractivity contribution in [2.75, 3.05) is 7.05 Å². The fourth-order valence-corrected chi connectivity index (χ4v) is 3.66. The van der Waals surface area contributed by atoms with E-state index in [2.05, 4.69) is 77.4 Å². The molecule has 0 spiro atoms. The van der Waals surface area contributed by atoms with Crippen molar-refractivity contribution in [3.05, 3.63) is 68.3 Å². The summed E-state index contributed by atoms with van der Waals surface area (Å²) in [4.78, 5) is 0. The first-order valence-electron chi connectivity index (χ1n) is 7.29. The maximum Gasteiger partial charge on any atom is 0.0358 e. The third kappa shape index (κ3) is 3.07. The molecule has 0 saturated carbocycles. The minimum Gasteiger partial charge on any atom is -0.313 e. The highest BCUT2D eigenvalue weighted by molar-refractivity contribution is 14.1. The fraction of sp³-hybridized carbons (Fsp3) is 0.333. The van der Waals surface area contributed by atoms with Gasteiger partial charge >= 0.3 is 0 Å². The predicted molar refractivity (Wildman–Crippen MR) is 93.1 cm³/mol. The molecule has 104 valence electrons. The molecule has 3 rings (SSSR count). The van der Waals surface area contributed by atoms with Crippen molar-refractivity contribution in [1.29, 1.82) is 0 Å². The van der Waals surface area contributed by atoms with E-state index >= 15 is 0 Å². The Bertz CT molecular complexity index is 606. The van der Waals surface area contributed by atoms with Crippen molar-refractivity contribution in [3.63, 3.8) is 0 Å². The summed E-state index contributed by atoms with van der Waals surface area (Å²) in [5.74, 6) is 0. The zero-order chi connectivity index (χ0) is 13.9. The van der Waals surface area contributed by atoms with Crippen LogP contribution in [0.4, 0.5) is 0 Å². The van der Waals surface area contributed by atoms with Crippen LogP contribution in [0.25, 0.3) is 0 Å². The van der Waals surface area contributed by atoms with E-state index in [0.717, 1.165) is 6.42 Å². The minimum absolute atomic E-state index is 0.393. The van der Waals surface area contributed by atoms with Gasteiger partial charge in [0.25, 0.3) is 0 Å². The molecule has 0 bridgehead atoms. The number of hydrogen-bond acceptors (Lipinski definition) is 1. The summed E-state index contributed by atoms with van der Waals surface area (Å²) in [6.45, 7) is 0. The number of rotatable bonds is 4. The average Bonchev–Trinajstić information content (AvgIpc) is 2.92. The van der Waals surface area contributed by atoms with Crippen molar-refractivity contribution in [3.8, 4) is 0 Å². The Hall–Kier alpha value is -0.870. The highest BCUT2D eigenvalue weighted by atomic mass is 127. The molecule has 20 heavy (non-hydrogen) atoms. The molecule has 1 N–H and O–H groups in total. The van der Waals surface area contributed by atoms with Crippen molar-refractivity contribution in [2.45, 2.75) is 31.7 Å². The van der Waals surface area contributed by atoms with Gasteiger partial charge in [-0.2, -0.15) is 0 Å². The van der Waals surface area contributed by atoms with E-state index in [4.69, 9.17) is 0 Å². The van der Waals surface area contributed by atoms with Crippen LogP contribution in [0.1, 0.15) is 34.7 Å². The van der Waals surface area contributed by atoms with E-state index in [1.54, 1.807) is 11.1 Å². The standard InChI is InChI=1S/C18H20IN/c1-20-18(16-6-3-7-17(19)12-16)11-13-8-9-14-4-2-5-15(14)10-13/h3,6-10,12,18,20H,2,4-5,11H2,1H3. The van der Waals surface area contributed by atoms with E-state index in [1.165, 1.54) is 34.0 Å². The lowest BCUT2D eigenvalue weighted by Gasteiger charge is -2.17. The normalized spacial score (nSPS) is 15.1. The molecular formula is C18H20IN. The first kappa shape index (κ1) is 14.1. The molecule has 2 aromatic carbocycles. The van der Waals surface area contributed by atoms with Crippen LogP contribution in [0, 0.1) is 3.57 Å². The maximum absolute atomic E-state index is 3.46. The number of aryl methyl sites for hydroxylation is 2. The van der Waals surface area contributed by atoms with Crippen molar-refractivity contribution >= 4 is 22.6 Å². The molecule has 0 fully saturated rings. The Morgan fingerprint density at radius 2 is 1.95 bits per heavy atom. The van der Waals surface area contributed by atoms with Crippen LogP contribution in [0.15, 0.2) is 42.5 Å². The molecule has 0 saturated heterocycles. The van der Waals surface area contributed by atoms with Crippen LogP contribution < -0.4 is 5.32 Å². The molecule has 1 nitrogen and oxygen atoms in total. The molecule has 1 unspecified atom stereocenters. The topological polar surface area (TPSA) is 12.0 Å². The summed E-state index contributed by atoms with van der Waals surface area (Å²) in [5.41, 5.74) is 5.95. The average molecular weight is 377 g/mol. The molecule has 1 atom stereocenters. The molecule has 0 amide bonds. The molecule has 0 aliphatic heterocycles. The third-order valence-electron chi connectivity index (χ3n) is 4.20. The molecular weight excluding hydrogens is 357 g/mol. The monoisotopic (exact) mass is 377 g/mol. The lowest BCUT2D eigenvalue weighted by Crippen LogP contribution is -2.19. The Morgan fingerprint density at radius 3 is 2.75 bits per heavy atom. The van der Waals surface area contributed by atoms with Gasteiger partial charge in [0.15, 0.2) is 0 Å². The number of likely N-dealkylation sites (N-methyl/N-ethyl adjacent to an activating group) is 1. The quantitative estimate of drug-likeness (QED) is 0.785. The smallest absolute Gasteiger partial charge is 0.0358 e. The van der Waals surface area contributed by atoms with Gasteiger partial charge in [-0.05, 0) is 89.7 Å². The lowest BCUT2D eigenvalue weighted by molar-refractivity contribution is 0.591. The summed E-state index contributed by atoms with van der Waals surface area (Å²) < 4.78 is 1.30. The van der Waals surface area contributed by atoms with Crippen LogP contribution in [0.2, 0.25) is 0 Å². The summed E-state index contributed by atoms with van der Waals surface area (Å²) in [5, 5.41) is 3.46. The van der Waals surface area contributed by atoms with Crippen molar-refractivity contribution in [1.82, 2.24) is 5.32 Å². The van der Waals surface area contributed by atoms with Gasteiger partial charge in [0.1, 0.15) is 0 Å². The summed E-state index contributed by atoms with van der Waals surface area (Å²) in [6, 6.07) is 16.2. The van der Waals surface area contributed by atoms with Gasteiger partial charge in [-0.15, -0.1) is 0 Å². The highest BCUT2D eigenvalue weighted by Gasteiger charge is 2.14. The van der Waals surface area contributed by atoms with Gasteiger partial charge < -0.3 is 5.32 Å². The Labute approximate surface area is 134 Å². The van der Waals surface area contributed by atoms with Gasteiger partial charge in [-0.3, -0.25) is 0 Å². The number of benzene rings is 2. The number of nitrogens with one attached hydrogen (secondary N) is 1. The van der Waals surface area contributed by atoms with Gasteiger partial charge in [0.2, 0.25) is 0 Å². The van der Waals surface area contributed by atoms with Crippen LogP contribution >= 0.6 is 22.6 Å². The van der Waals surface area contributed by atoms with E-state index in [-0.39, 0.29) is 0 Å². The second-order valence-corrected chi connectivity index (χ2v) is 6.80. The van der Waals surface area contributed by atoms with Crippen molar-refractivity contribution < 1.29 is 0 Å². The molecule has 1 aliphatic carbocycles. The van der Waals surface area contributed by atoms with Crippen LogP contribution in [-0.4, -0.2) is 7.05 Å². The van der Waals surface area contributed by atoms with Crippen LogP contribution in [-0.2, 0) is 19.3 Å². The first-order valence-corrected chi connectivity index (χ1v) is 8.37. The second-order valence-electron chi connectivity index (χ2n) is 5.56. The Kier molecular flexibility index (Phi) is 4.41. The molecule has 0 heterocycles. The highest BCUT2D eigenvalue weighted by Crippen LogP contribution is 2.26. The van der Waals surface area contributed by atoms with E-state index < -0.39 is 0 Å². The zero-order valence-corrected chi connectivity index (χ0v) is 14.0. The predicted octanol–water partition coefficient (Wildman–Crippen LogP) is 4.28. The number of fused-ring (bicyclic) bond motifs is 1. The van der Waals surface area contributed by atoms with Gasteiger partial charge in [-0.25, -0.2) is 0 Å². The minimum atomic E-state index is 0.393. The van der Waals surface area contributed by atoms with E-state index in [9.17, 15) is 0 Å². The van der Waals surface area contributed by atoms with Crippen molar-refractivity contribution in [2.24, 2.45) is 0 Å². The number of halogens is 1. The maximum atomic E-state index is 3.46. The van der Waals surface area contributed by atoms with Gasteiger partial charge in [0.05, 0.1) is 0 Å². The fourth-order valence-electron chi connectivity index (χ4n) is 3.10. The molecule has 1 aliphatic rings. The van der Waals surface area contributed by atoms with E-state index in [1.807, 2.05) is 0 Å². The summed E-state index contributed by atoms with van der Waals surface area (Å²) >= 11 is 2.38. The number of hydrogen-bond donors (Lipinski definition) is 1. The largest absolute Gasteiger partial charge is 0.313 e. The summed E-state index contributed by atoms with van der Waals surface area (Å²) in [7, 11) is 2.05. The molecule has 2 aromatic rings. The van der Waals surface area contributed by atoms with Crippen LogP contribution in [0.3, 0.4) is 0 Å². The Balaban J connectivity index is 1.81. The van der Waals surface area contributed by atoms with Gasteiger partial charge in [-0.1, -0.05) is 30.3 Å². The lowest BCUT2D eigenvalue weighted by atomic mass is 9.97. The third-order valence-corrected chi connectivity index (χ3v) is 4.87.